The van der Waals surface area contributed by atoms with Gasteiger partial charge in [0.25, 0.3) is 0 Å². The first-order chi connectivity index (χ1) is 5.34. The van der Waals surface area contributed by atoms with Crippen LogP contribution in [0.2, 0.25) is 0 Å². The van der Waals surface area contributed by atoms with Gasteiger partial charge in [-0.25, -0.2) is 0 Å². The molecule has 0 unspecified atom stereocenters. The highest BCUT2D eigenvalue weighted by molar-refractivity contribution is 9.10. The number of rotatable bonds is 3. The molecule has 1 aromatic rings. The fraction of sp³-hybridized carbons (Fsp3) is 0.333. The summed E-state index contributed by atoms with van der Waals surface area (Å²) >= 11 is 3.48. The topological polar surface area (TPSA) is 3.24 Å². The van der Waals surface area contributed by atoms with Gasteiger partial charge < -0.3 is 3.93 Å². The molecular formula is C9H12BrN. The monoisotopic (exact) mass is 213 g/mol. The van der Waals surface area contributed by atoms with Crippen molar-refractivity contribution in [2.75, 3.05) is 10.5 Å². The van der Waals surface area contributed by atoms with Gasteiger partial charge in [-0.2, -0.15) is 0 Å². The molecule has 0 atom stereocenters. The van der Waals surface area contributed by atoms with Crippen molar-refractivity contribution in [1.29, 1.82) is 0 Å². The molecular weight excluding hydrogens is 202 g/mol. The SMILES string of the molecule is CCCN(Br)c1ccccc1. The van der Waals surface area contributed by atoms with Gasteiger partial charge in [0.05, 0.1) is 0 Å². The molecule has 1 aromatic carbocycles. The Labute approximate surface area is 76.4 Å². The van der Waals surface area contributed by atoms with Crippen molar-refractivity contribution in [3.63, 3.8) is 0 Å². The second-order valence-electron chi connectivity index (χ2n) is 2.42. The van der Waals surface area contributed by atoms with Crippen molar-refractivity contribution in [2.24, 2.45) is 0 Å². The summed E-state index contributed by atoms with van der Waals surface area (Å²) in [4.78, 5) is 0. The van der Waals surface area contributed by atoms with Crippen LogP contribution in [-0.4, -0.2) is 6.54 Å². The van der Waals surface area contributed by atoms with E-state index in [9.17, 15) is 0 Å². The molecule has 0 aliphatic heterocycles. The largest absolute Gasteiger partial charge is 0.309 e. The molecule has 0 saturated heterocycles. The van der Waals surface area contributed by atoms with Gasteiger partial charge in [-0.05, 0) is 18.6 Å². The van der Waals surface area contributed by atoms with Crippen molar-refractivity contribution in [1.82, 2.24) is 0 Å². The quantitative estimate of drug-likeness (QED) is 0.698. The molecule has 60 valence electrons. The van der Waals surface area contributed by atoms with Gasteiger partial charge in [-0.15, -0.1) is 0 Å². The minimum Gasteiger partial charge on any atom is -0.309 e. The van der Waals surface area contributed by atoms with Gasteiger partial charge in [0.2, 0.25) is 0 Å². The summed E-state index contributed by atoms with van der Waals surface area (Å²) in [5, 5.41) is 0. The lowest BCUT2D eigenvalue weighted by atomic mass is 10.3. The van der Waals surface area contributed by atoms with Crippen LogP contribution in [0.15, 0.2) is 30.3 Å². The Kier molecular flexibility index (Phi) is 3.43. The lowest BCUT2D eigenvalue weighted by Crippen LogP contribution is -2.09. The summed E-state index contributed by atoms with van der Waals surface area (Å²) < 4.78 is 2.08. The van der Waals surface area contributed by atoms with Crippen molar-refractivity contribution in [3.05, 3.63) is 30.3 Å². The van der Waals surface area contributed by atoms with E-state index >= 15 is 0 Å². The Morgan fingerprint density at radius 3 is 2.45 bits per heavy atom. The molecule has 0 fully saturated rings. The van der Waals surface area contributed by atoms with E-state index in [2.05, 4.69) is 39.1 Å². The second kappa shape index (κ2) is 4.39. The third-order valence-corrected chi connectivity index (χ3v) is 2.22. The fourth-order valence-electron chi connectivity index (χ4n) is 0.915. The summed E-state index contributed by atoms with van der Waals surface area (Å²) in [5.74, 6) is 0. The van der Waals surface area contributed by atoms with E-state index in [1.807, 2.05) is 18.2 Å². The van der Waals surface area contributed by atoms with Crippen LogP contribution in [0.3, 0.4) is 0 Å². The van der Waals surface area contributed by atoms with Gasteiger partial charge in [0, 0.05) is 28.4 Å². The first-order valence-corrected chi connectivity index (χ1v) is 4.54. The van der Waals surface area contributed by atoms with E-state index in [-0.39, 0.29) is 0 Å². The maximum atomic E-state index is 3.48. The average molecular weight is 214 g/mol. The molecule has 1 rings (SSSR count). The Bertz CT molecular complexity index is 198. The van der Waals surface area contributed by atoms with Crippen molar-refractivity contribution < 1.29 is 0 Å². The molecule has 0 aliphatic rings. The predicted molar refractivity (Wildman–Crippen MR) is 53.0 cm³/mol. The second-order valence-corrected chi connectivity index (χ2v) is 3.28. The van der Waals surface area contributed by atoms with Crippen molar-refractivity contribution in [2.45, 2.75) is 13.3 Å². The Morgan fingerprint density at radius 1 is 1.27 bits per heavy atom. The van der Waals surface area contributed by atoms with Crippen LogP contribution in [0.4, 0.5) is 5.69 Å². The first-order valence-electron chi connectivity index (χ1n) is 3.83. The Morgan fingerprint density at radius 2 is 1.91 bits per heavy atom. The summed E-state index contributed by atoms with van der Waals surface area (Å²) in [7, 11) is 0. The van der Waals surface area contributed by atoms with E-state index in [4.69, 9.17) is 0 Å². The normalized spacial score (nSPS) is 9.64. The van der Waals surface area contributed by atoms with Crippen LogP contribution in [0.25, 0.3) is 0 Å². The smallest absolute Gasteiger partial charge is 0.0496 e. The maximum absolute atomic E-state index is 3.48. The van der Waals surface area contributed by atoms with Crippen LogP contribution in [0.5, 0.6) is 0 Å². The van der Waals surface area contributed by atoms with Gasteiger partial charge in [0.15, 0.2) is 0 Å². The highest BCUT2D eigenvalue weighted by Gasteiger charge is 1.97. The maximum Gasteiger partial charge on any atom is 0.0496 e. The number of halogens is 1. The number of hydrogen-bond donors (Lipinski definition) is 0. The molecule has 0 aliphatic carbocycles. The van der Waals surface area contributed by atoms with Crippen LogP contribution < -0.4 is 3.93 Å². The average Bonchev–Trinajstić information content (AvgIpc) is 2.07. The fourth-order valence-corrected chi connectivity index (χ4v) is 1.51. The summed E-state index contributed by atoms with van der Waals surface area (Å²) in [6.07, 6.45) is 1.15. The lowest BCUT2D eigenvalue weighted by molar-refractivity contribution is 0.937. The molecule has 0 aromatic heterocycles. The number of hydrogen-bond acceptors (Lipinski definition) is 1. The standard InChI is InChI=1S/C9H12BrN/c1-2-8-11(10)9-6-4-3-5-7-9/h3-7H,2,8H2,1H3. The number of benzene rings is 1. The number of para-hydroxylation sites is 1. The van der Waals surface area contributed by atoms with Gasteiger partial charge in [0.1, 0.15) is 0 Å². The first kappa shape index (κ1) is 8.60. The van der Waals surface area contributed by atoms with E-state index in [0.717, 1.165) is 13.0 Å². The molecule has 0 bridgehead atoms. The molecule has 0 spiro atoms. The van der Waals surface area contributed by atoms with Crippen LogP contribution in [0, 0.1) is 0 Å². The van der Waals surface area contributed by atoms with E-state index in [1.165, 1.54) is 5.69 Å². The molecule has 1 nitrogen and oxygen atoms in total. The highest BCUT2D eigenvalue weighted by atomic mass is 79.9. The third-order valence-electron chi connectivity index (χ3n) is 1.46. The van der Waals surface area contributed by atoms with E-state index in [0.29, 0.717) is 0 Å². The van der Waals surface area contributed by atoms with E-state index < -0.39 is 0 Å². The minimum absolute atomic E-state index is 1.05. The Balaban J connectivity index is 2.61. The van der Waals surface area contributed by atoms with E-state index in [1.54, 1.807) is 0 Å². The third kappa shape index (κ3) is 2.54. The molecule has 0 amide bonds. The molecule has 0 heterocycles. The number of nitrogens with zero attached hydrogens (tertiary/aromatic N) is 1. The van der Waals surface area contributed by atoms with Gasteiger partial charge in [-0.1, -0.05) is 25.1 Å². The molecule has 0 radical (unpaired) electrons. The lowest BCUT2D eigenvalue weighted by Gasteiger charge is -2.14. The van der Waals surface area contributed by atoms with Gasteiger partial charge >= 0.3 is 0 Å². The molecule has 0 saturated carbocycles. The summed E-state index contributed by atoms with van der Waals surface area (Å²) in [6.45, 7) is 3.21. The minimum atomic E-state index is 1.05. The molecule has 0 N–H and O–H groups in total. The number of anilines is 1. The predicted octanol–water partition coefficient (Wildman–Crippen LogP) is 3.21. The van der Waals surface area contributed by atoms with Crippen molar-refractivity contribution in [3.8, 4) is 0 Å². The van der Waals surface area contributed by atoms with Crippen molar-refractivity contribution >= 4 is 21.8 Å². The zero-order valence-corrected chi connectivity index (χ0v) is 8.21. The zero-order valence-electron chi connectivity index (χ0n) is 6.63. The summed E-state index contributed by atoms with van der Waals surface area (Å²) in [6, 6.07) is 10.3. The zero-order chi connectivity index (χ0) is 8.10. The molecule has 2 heteroatoms. The van der Waals surface area contributed by atoms with Crippen LogP contribution in [-0.2, 0) is 0 Å². The summed E-state index contributed by atoms with van der Waals surface area (Å²) in [5.41, 5.74) is 1.22. The van der Waals surface area contributed by atoms with Gasteiger partial charge in [-0.3, -0.25) is 0 Å². The Hall–Kier alpha value is -0.500. The highest BCUT2D eigenvalue weighted by Crippen LogP contribution is 2.16. The van der Waals surface area contributed by atoms with Crippen LogP contribution in [0.1, 0.15) is 13.3 Å². The van der Waals surface area contributed by atoms with Crippen LogP contribution >= 0.6 is 16.1 Å². The molecule has 11 heavy (non-hydrogen) atoms.